The highest BCUT2D eigenvalue weighted by atomic mass is 16.5. The Kier molecular flexibility index (Phi) is 7.35. The van der Waals surface area contributed by atoms with Gasteiger partial charge >= 0.3 is 5.97 Å². The molecular weight excluding hydrogens is 424 g/mol. The number of carbonyl (C=O) groups excluding carboxylic acids is 2. The van der Waals surface area contributed by atoms with Crippen molar-refractivity contribution in [3.05, 3.63) is 107 Å². The first kappa shape index (κ1) is 23.2. The Morgan fingerprint density at radius 2 is 1.62 bits per heavy atom. The summed E-state index contributed by atoms with van der Waals surface area (Å²) in [4.78, 5) is 27.4. The molecule has 0 saturated heterocycles. The van der Waals surface area contributed by atoms with Gasteiger partial charge in [-0.15, -0.1) is 0 Å². The number of benzene rings is 3. The van der Waals surface area contributed by atoms with E-state index >= 15 is 0 Å². The summed E-state index contributed by atoms with van der Waals surface area (Å²) in [5.41, 5.74) is 4.51. The van der Waals surface area contributed by atoms with Crippen LogP contribution < -0.4 is 15.8 Å². The minimum absolute atomic E-state index is 0.155. The van der Waals surface area contributed by atoms with Crippen LogP contribution in [0.25, 0.3) is 17.2 Å². The standard InChI is InChI=1S/C29H28N2O3/c1-21(28(32)29(33)34-17-16-31(2)20-22-10-5-3-6-11-22)25-14-9-15-27-26(25)18-24(19-30-27)23-12-7-4-8-13-23/h3-15,18-19,30H,16-17,20H2,1-2H3. The molecular formula is C29H28N2O3. The van der Waals surface area contributed by atoms with Gasteiger partial charge in [-0.05, 0) is 48.0 Å². The summed E-state index contributed by atoms with van der Waals surface area (Å²) in [7, 11) is 1.96. The number of rotatable bonds is 8. The minimum Gasteiger partial charge on any atom is -0.458 e. The van der Waals surface area contributed by atoms with Crippen molar-refractivity contribution >= 4 is 34.7 Å². The molecule has 0 aromatic heterocycles. The first-order chi connectivity index (χ1) is 16.5. The van der Waals surface area contributed by atoms with E-state index in [2.05, 4.69) is 22.3 Å². The Bertz CT molecular complexity index is 1330. The molecule has 0 spiro atoms. The predicted molar refractivity (Wildman–Crippen MR) is 136 cm³/mol. The van der Waals surface area contributed by atoms with Gasteiger partial charge in [0.1, 0.15) is 6.61 Å². The minimum atomic E-state index is -0.828. The number of nitrogens with zero attached hydrogens (tertiary/aromatic N) is 1. The molecule has 0 aliphatic carbocycles. The van der Waals surface area contributed by atoms with E-state index in [1.165, 1.54) is 5.56 Å². The van der Waals surface area contributed by atoms with Crippen LogP contribution in [0.15, 0.2) is 85.1 Å². The molecule has 3 aromatic carbocycles. The molecule has 0 fully saturated rings. The molecule has 172 valence electrons. The maximum atomic E-state index is 12.9. The van der Waals surface area contributed by atoms with Crippen LogP contribution in [0, 0.1) is 0 Å². The first-order valence-electron chi connectivity index (χ1n) is 11.3. The molecule has 0 bridgehead atoms. The normalized spacial score (nSPS) is 13.2. The number of ketones is 1. The van der Waals surface area contributed by atoms with E-state index in [4.69, 9.17) is 4.74 Å². The van der Waals surface area contributed by atoms with E-state index in [1.54, 1.807) is 6.92 Å². The Labute approximate surface area is 199 Å². The van der Waals surface area contributed by atoms with E-state index < -0.39 is 11.8 Å². The summed E-state index contributed by atoms with van der Waals surface area (Å²) >= 11 is 0. The van der Waals surface area contributed by atoms with Gasteiger partial charge in [-0.3, -0.25) is 9.69 Å². The molecule has 1 N–H and O–H groups in total. The fourth-order valence-electron chi connectivity index (χ4n) is 3.93. The monoisotopic (exact) mass is 452 g/mol. The lowest BCUT2D eigenvalue weighted by Crippen LogP contribution is -2.34. The summed E-state index contributed by atoms with van der Waals surface area (Å²) in [5.74, 6) is -1.45. The third-order valence-electron chi connectivity index (χ3n) is 5.83. The molecule has 0 unspecified atom stereocenters. The lowest BCUT2D eigenvalue weighted by atomic mass is 10.00. The molecule has 3 aromatic rings. The average Bonchev–Trinajstić information content (AvgIpc) is 2.88. The van der Waals surface area contributed by atoms with E-state index in [0.717, 1.165) is 33.8 Å². The Balaban J connectivity index is 1.47. The number of hydrogen-bond donors (Lipinski definition) is 1. The third-order valence-corrected chi connectivity index (χ3v) is 5.83. The van der Waals surface area contributed by atoms with Crippen LogP contribution >= 0.6 is 0 Å². The van der Waals surface area contributed by atoms with Gasteiger partial charge in [-0.2, -0.15) is 0 Å². The molecule has 5 nitrogen and oxygen atoms in total. The number of anilines is 1. The second kappa shape index (κ2) is 10.8. The second-order valence-corrected chi connectivity index (χ2v) is 8.33. The molecule has 0 saturated carbocycles. The van der Waals surface area contributed by atoms with Crippen LogP contribution in [0.4, 0.5) is 5.69 Å². The summed E-state index contributed by atoms with van der Waals surface area (Å²) < 4.78 is 5.30. The van der Waals surface area contributed by atoms with Crippen molar-refractivity contribution in [3.63, 3.8) is 0 Å². The van der Waals surface area contributed by atoms with Gasteiger partial charge in [-0.1, -0.05) is 72.8 Å². The van der Waals surface area contributed by atoms with Crippen LogP contribution in [0.5, 0.6) is 0 Å². The van der Waals surface area contributed by atoms with Crippen molar-refractivity contribution in [2.45, 2.75) is 13.5 Å². The van der Waals surface area contributed by atoms with Gasteiger partial charge in [0.15, 0.2) is 0 Å². The molecule has 4 rings (SSSR count). The van der Waals surface area contributed by atoms with Crippen LogP contribution in [0.2, 0.25) is 0 Å². The Morgan fingerprint density at radius 1 is 0.912 bits per heavy atom. The number of nitrogens with one attached hydrogen (secondary N) is 1. The highest BCUT2D eigenvalue weighted by Gasteiger charge is 2.19. The lowest BCUT2D eigenvalue weighted by Gasteiger charge is -2.16. The highest BCUT2D eigenvalue weighted by Crippen LogP contribution is 2.18. The number of esters is 1. The summed E-state index contributed by atoms with van der Waals surface area (Å²) in [5, 5.41) is 4.90. The van der Waals surface area contributed by atoms with Crippen LogP contribution in [0.1, 0.15) is 18.1 Å². The number of Topliss-reactive ketones (excluding diaryl/α,β-unsaturated/α-hetero) is 1. The summed E-state index contributed by atoms with van der Waals surface area (Å²) in [6.07, 6.45) is 3.98. The van der Waals surface area contributed by atoms with Gasteiger partial charge in [0.05, 0.1) is 0 Å². The number of fused-ring (bicyclic) bond motifs is 1. The maximum Gasteiger partial charge on any atom is 0.379 e. The number of likely N-dealkylation sites (N-methyl/N-ethyl adjacent to an activating group) is 1. The first-order valence-corrected chi connectivity index (χ1v) is 11.3. The van der Waals surface area contributed by atoms with Gasteiger partial charge in [0.25, 0.3) is 5.78 Å². The van der Waals surface area contributed by atoms with Crippen LogP contribution in [-0.4, -0.2) is 36.9 Å². The predicted octanol–water partition coefficient (Wildman–Crippen LogP) is 3.35. The van der Waals surface area contributed by atoms with Crippen molar-refractivity contribution in [3.8, 4) is 0 Å². The van der Waals surface area contributed by atoms with Gasteiger partial charge in [-0.25, -0.2) is 4.79 Å². The molecule has 34 heavy (non-hydrogen) atoms. The van der Waals surface area contributed by atoms with Crippen molar-refractivity contribution < 1.29 is 14.3 Å². The zero-order valence-electron chi connectivity index (χ0n) is 19.5. The third kappa shape index (κ3) is 5.50. The van der Waals surface area contributed by atoms with Gasteiger partial charge in [0, 0.05) is 35.8 Å². The van der Waals surface area contributed by atoms with Gasteiger partial charge in [0.2, 0.25) is 0 Å². The number of hydrogen-bond acceptors (Lipinski definition) is 5. The SMILES string of the molecule is CC(C(=O)C(=O)OCCN(C)Cc1ccccc1)=c1cccc2c1=CC(c1ccccc1)=CN2. The van der Waals surface area contributed by atoms with E-state index in [0.29, 0.717) is 12.1 Å². The molecule has 0 atom stereocenters. The fourth-order valence-corrected chi connectivity index (χ4v) is 3.93. The van der Waals surface area contributed by atoms with Crippen molar-refractivity contribution in [1.82, 2.24) is 4.90 Å². The smallest absolute Gasteiger partial charge is 0.379 e. The zero-order chi connectivity index (χ0) is 23.9. The second-order valence-electron chi connectivity index (χ2n) is 8.33. The average molecular weight is 453 g/mol. The Morgan fingerprint density at radius 3 is 2.35 bits per heavy atom. The number of allylic oxidation sites excluding steroid dienone is 1. The van der Waals surface area contributed by atoms with Gasteiger partial charge < -0.3 is 10.1 Å². The van der Waals surface area contributed by atoms with Crippen molar-refractivity contribution in [2.75, 3.05) is 25.5 Å². The number of ether oxygens (including phenoxy) is 1. The molecule has 1 heterocycles. The van der Waals surface area contributed by atoms with E-state index in [9.17, 15) is 9.59 Å². The summed E-state index contributed by atoms with van der Waals surface area (Å²) in [6.45, 7) is 3.11. The van der Waals surface area contributed by atoms with E-state index in [1.807, 2.05) is 86.1 Å². The molecule has 1 aliphatic rings. The fraction of sp³-hybridized carbons (Fsp3) is 0.172. The summed E-state index contributed by atoms with van der Waals surface area (Å²) in [6, 6.07) is 25.8. The Hall–Kier alpha value is -3.96. The van der Waals surface area contributed by atoms with Crippen molar-refractivity contribution in [1.29, 1.82) is 0 Å². The quantitative estimate of drug-likeness (QED) is 0.420. The molecule has 0 amide bonds. The van der Waals surface area contributed by atoms with Crippen molar-refractivity contribution in [2.24, 2.45) is 0 Å². The molecule has 1 aliphatic heterocycles. The highest BCUT2D eigenvalue weighted by molar-refractivity contribution is 6.49. The number of carbonyl (C=O) groups is 2. The molecule has 0 radical (unpaired) electrons. The topological polar surface area (TPSA) is 58.6 Å². The zero-order valence-corrected chi connectivity index (χ0v) is 19.5. The van der Waals surface area contributed by atoms with E-state index in [-0.39, 0.29) is 6.61 Å². The van der Waals surface area contributed by atoms with Crippen LogP contribution in [-0.2, 0) is 20.9 Å². The molecule has 5 heteroatoms. The van der Waals surface area contributed by atoms with Crippen LogP contribution in [0.3, 0.4) is 0 Å². The largest absolute Gasteiger partial charge is 0.458 e. The maximum absolute atomic E-state index is 12.9. The lowest BCUT2D eigenvalue weighted by molar-refractivity contribution is -0.151.